The quantitative estimate of drug-likeness (QED) is 0.813. The Bertz CT molecular complexity index is 907. The number of amides is 1. The summed E-state index contributed by atoms with van der Waals surface area (Å²) >= 11 is 0. The number of carbonyl (C=O) groups is 1. The molecule has 3 rings (SSSR count). The molecule has 1 saturated heterocycles. The number of methoxy groups -OCH3 is 2. The summed E-state index contributed by atoms with van der Waals surface area (Å²) in [6.45, 7) is 0.367. The number of anilines is 1. The van der Waals surface area contributed by atoms with Crippen molar-refractivity contribution in [1.82, 2.24) is 9.78 Å². The summed E-state index contributed by atoms with van der Waals surface area (Å²) in [6, 6.07) is 7.21. The highest BCUT2D eigenvalue weighted by Crippen LogP contribution is 2.31. The molecule has 0 radical (unpaired) electrons. The van der Waals surface area contributed by atoms with E-state index < -0.39 is 15.8 Å². The highest BCUT2D eigenvalue weighted by Gasteiger charge is 2.33. The Labute approximate surface area is 152 Å². The van der Waals surface area contributed by atoms with Crippen molar-refractivity contribution in [3.05, 3.63) is 36.0 Å². The second kappa shape index (κ2) is 7.36. The van der Waals surface area contributed by atoms with Crippen LogP contribution >= 0.6 is 0 Å². The van der Waals surface area contributed by atoms with Gasteiger partial charge in [0.15, 0.2) is 21.3 Å². The van der Waals surface area contributed by atoms with Crippen LogP contribution in [-0.4, -0.2) is 49.8 Å². The Morgan fingerprint density at radius 3 is 2.77 bits per heavy atom. The molecule has 1 aromatic carbocycles. The molecule has 0 bridgehead atoms. The summed E-state index contributed by atoms with van der Waals surface area (Å²) in [7, 11) is 0.0210. The molecular formula is C17H21N3O5S. The van der Waals surface area contributed by atoms with Crippen LogP contribution in [0.1, 0.15) is 12.0 Å². The van der Waals surface area contributed by atoms with E-state index in [1.165, 1.54) is 0 Å². The van der Waals surface area contributed by atoms with E-state index in [-0.39, 0.29) is 17.4 Å². The molecule has 1 unspecified atom stereocenters. The first-order valence-corrected chi connectivity index (χ1v) is 9.98. The zero-order valence-electron chi connectivity index (χ0n) is 14.6. The largest absolute Gasteiger partial charge is 0.493 e. The molecule has 8 nitrogen and oxygen atoms in total. The molecule has 1 amide bonds. The lowest BCUT2D eigenvalue weighted by atomic mass is 10.1. The Kier molecular flexibility index (Phi) is 5.17. The van der Waals surface area contributed by atoms with Crippen LogP contribution in [0, 0.1) is 5.92 Å². The van der Waals surface area contributed by atoms with Gasteiger partial charge in [-0.25, -0.2) is 13.1 Å². The molecule has 1 fully saturated rings. The number of para-hydroxylation sites is 1. The zero-order valence-corrected chi connectivity index (χ0v) is 15.5. The molecule has 9 heteroatoms. The van der Waals surface area contributed by atoms with Crippen molar-refractivity contribution in [3.63, 3.8) is 0 Å². The fourth-order valence-corrected chi connectivity index (χ4v) is 4.78. The standard InChI is InChI=1S/C17H21N3O5S/c1-24-14-5-3-4-12(16(14)25-2)10-20-15(6-8-18-20)19-17(21)13-7-9-26(22,23)11-13/h3-6,8,13H,7,9-11H2,1-2H3,(H,19,21). The molecule has 1 aliphatic rings. The van der Waals surface area contributed by atoms with Gasteiger partial charge in [0.25, 0.3) is 0 Å². The summed E-state index contributed by atoms with van der Waals surface area (Å²) in [4.78, 5) is 12.4. The monoisotopic (exact) mass is 379 g/mol. The topological polar surface area (TPSA) is 99.5 Å². The van der Waals surface area contributed by atoms with Gasteiger partial charge in [-0.3, -0.25) is 4.79 Å². The lowest BCUT2D eigenvalue weighted by Gasteiger charge is -2.15. The summed E-state index contributed by atoms with van der Waals surface area (Å²) in [5.74, 6) is 0.857. The minimum Gasteiger partial charge on any atom is -0.493 e. The number of sulfone groups is 1. The van der Waals surface area contributed by atoms with Crippen molar-refractivity contribution in [2.24, 2.45) is 5.92 Å². The van der Waals surface area contributed by atoms with Crippen LogP contribution in [-0.2, 0) is 21.2 Å². The SMILES string of the molecule is COc1cccc(Cn2nccc2NC(=O)C2CCS(=O)(=O)C2)c1OC. The lowest BCUT2D eigenvalue weighted by Crippen LogP contribution is -2.25. The van der Waals surface area contributed by atoms with E-state index in [0.29, 0.717) is 30.3 Å². The van der Waals surface area contributed by atoms with Crippen molar-refractivity contribution >= 4 is 21.6 Å². The van der Waals surface area contributed by atoms with E-state index in [1.807, 2.05) is 12.1 Å². The number of ether oxygens (including phenoxy) is 2. The van der Waals surface area contributed by atoms with Gasteiger partial charge in [-0.15, -0.1) is 0 Å². The van der Waals surface area contributed by atoms with Gasteiger partial charge in [0.05, 0.1) is 44.4 Å². The van der Waals surface area contributed by atoms with Crippen LogP contribution in [0.2, 0.25) is 0 Å². The first kappa shape index (κ1) is 18.2. The Morgan fingerprint density at radius 1 is 1.31 bits per heavy atom. The zero-order chi connectivity index (χ0) is 18.7. The van der Waals surface area contributed by atoms with Crippen molar-refractivity contribution in [2.75, 3.05) is 31.0 Å². The van der Waals surface area contributed by atoms with Crippen molar-refractivity contribution in [1.29, 1.82) is 0 Å². The van der Waals surface area contributed by atoms with Gasteiger partial charge >= 0.3 is 0 Å². The molecule has 1 atom stereocenters. The van der Waals surface area contributed by atoms with Crippen molar-refractivity contribution in [3.8, 4) is 11.5 Å². The molecule has 0 saturated carbocycles. The molecule has 1 aliphatic heterocycles. The van der Waals surface area contributed by atoms with Crippen molar-refractivity contribution < 1.29 is 22.7 Å². The third kappa shape index (κ3) is 3.82. The highest BCUT2D eigenvalue weighted by molar-refractivity contribution is 7.91. The number of hydrogen-bond donors (Lipinski definition) is 1. The minimum absolute atomic E-state index is 0.0609. The number of carbonyl (C=O) groups excluding carboxylic acids is 1. The minimum atomic E-state index is -3.11. The van der Waals surface area contributed by atoms with Gasteiger partial charge in [0, 0.05) is 11.6 Å². The van der Waals surface area contributed by atoms with Crippen LogP contribution in [0.25, 0.3) is 0 Å². The molecular weight excluding hydrogens is 358 g/mol. The van der Waals surface area contributed by atoms with Gasteiger partial charge < -0.3 is 14.8 Å². The number of nitrogens with zero attached hydrogens (tertiary/aromatic N) is 2. The number of hydrogen-bond acceptors (Lipinski definition) is 6. The second-order valence-electron chi connectivity index (χ2n) is 6.12. The average molecular weight is 379 g/mol. The number of nitrogens with one attached hydrogen (secondary N) is 1. The summed E-state index contributed by atoms with van der Waals surface area (Å²) in [6.07, 6.45) is 1.93. The van der Waals surface area contributed by atoms with E-state index in [9.17, 15) is 13.2 Å². The molecule has 2 aromatic rings. The van der Waals surface area contributed by atoms with E-state index in [4.69, 9.17) is 9.47 Å². The van der Waals surface area contributed by atoms with Gasteiger partial charge in [0.1, 0.15) is 5.82 Å². The smallest absolute Gasteiger partial charge is 0.229 e. The molecule has 1 N–H and O–H groups in total. The van der Waals surface area contributed by atoms with E-state index in [0.717, 1.165) is 5.56 Å². The number of rotatable bonds is 6. The molecule has 26 heavy (non-hydrogen) atoms. The second-order valence-corrected chi connectivity index (χ2v) is 8.34. The van der Waals surface area contributed by atoms with Crippen LogP contribution in [0.4, 0.5) is 5.82 Å². The maximum absolute atomic E-state index is 12.4. The van der Waals surface area contributed by atoms with E-state index in [2.05, 4.69) is 10.4 Å². The maximum atomic E-state index is 12.4. The third-order valence-corrected chi connectivity index (χ3v) is 6.14. The first-order valence-electron chi connectivity index (χ1n) is 8.16. The van der Waals surface area contributed by atoms with Crippen LogP contribution in [0.3, 0.4) is 0 Å². The maximum Gasteiger partial charge on any atom is 0.229 e. The molecule has 0 aliphatic carbocycles. The van der Waals surface area contributed by atoms with Crippen LogP contribution < -0.4 is 14.8 Å². The van der Waals surface area contributed by atoms with Gasteiger partial charge in [-0.05, 0) is 12.5 Å². The first-order chi connectivity index (χ1) is 12.4. The van der Waals surface area contributed by atoms with Crippen molar-refractivity contribution in [2.45, 2.75) is 13.0 Å². The van der Waals surface area contributed by atoms with E-state index >= 15 is 0 Å². The Hall–Kier alpha value is -2.55. The predicted octanol–water partition coefficient (Wildman–Crippen LogP) is 1.32. The molecule has 2 heterocycles. The Morgan fingerprint density at radius 2 is 2.12 bits per heavy atom. The molecule has 0 spiro atoms. The van der Waals surface area contributed by atoms with E-state index in [1.54, 1.807) is 37.2 Å². The Balaban J connectivity index is 1.77. The third-order valence-electron chi connectivity index (χ3n) is 4.38. The molecule has 1 aromatic heterocycles. The van der Waals surface area contributed by atoms with Gasteiger partial charge in [0.2, 0.25) is 5.91 Å². The highest BCUT2D eigenvalue weighted by atomic mass is 32.2. The summed E-state index contributed by atoms with van der Waals surface area (Å²) in [5.41, 5.74) is 0.842. The fourth-order valence-electron chi connectivity index (χ4n) is 3.03. The predicted molar refractivity (Wildman–Crippen MR) is 96.3 cm³/mol. The summed E-state index contributed by atoms with van der Waals surface area (Å²) in [5, 5.41) is 7.02. The van der Waals surface area contributed by atoms with Crippen LogP contribution in [0.5, 0.6) is 11.5 Å². The van der Waals surface area contributed by atoms with Gasteiger partial charge in [-0.1, -0.05) is 12.1 Å². The average Bonchev–Trinajstić information content (AvgIpc) is 3.20. The fraction of sp³-hybridized carbons (Fsp3) is 0.412. The summed E-state index contributed by atoms with van der Waals surface area (Å²) < 4.78 is 35.5. The molecule has 140 valence electrons. The van der Waals surface area contributed by atoms with Gasteiger partial charge in [-0.2, -0.15) is 5.10 Å². The van der Waals surface area contributed by atoms with Crippen LogP contribution in [0.15, 0.2) is 30.5 Å². The number of aromatic nitrogens is 2. The normalized spacial score (nSPS) is 18.5. The lowest BCUT2D eigenvalue weighted by molar-refractivity contribution is -0.119. The number of benzene rings is 1.